The molecule has 5 aromatic rings. The minimum atomic E-state index is -3.63. The van der Waals surface area contributed by atoms with Crippen molar-refractivity contribution in [2.24, 2.45) is 0 Å². The van der Waals surface area contributed by atoms with Crippen LogP contribution in [0.3, 0.4) is 0 Å². The number of sulfonamides is 1. The van der Waals surface area contributed by atoms with E-state index >= 15 is 0 Å². The van der Waals surface area contributed by atoms with Crippen molar-refractivity contribution < 1.29 is 13.5 Å². The zero-order valence-corrected chi connectivity index (χ0v) is 20.6. The molecule has 0 spiro atoms. The number of fused-ring (bicyclic) bond motifs is 1. The Hall–Kier alpha value is -3.44. The van der Waals surface area contributed by atoms with Gasteiger partial charge in [-0.05, 0) is 48.5 Å². The summed E-state index contributed by atoms with van der Waals surface area (Å²) in [6.45, 7) is 0.510. The van der Waals surface area contributed by atoms with Crippen LogP contribution in [0.25, 0.3) is 27.5 Å². The lowest BCUT2D eigenvalue weighted by atomic mass is 10.1. The molecule has 0 radical (unpaired) electrons. The number of pyridine rings is 1. The normalized spacial score (nSPS) is 11.7. The summed E-state index contributed by atoms with van der Waals surface area (Å²) in [6, 6.07) is 16.8. The number of phenols is 1. The van der Waals surface area contributed by atoms with Crippen molar-refractivity contribution in [3.05, 3.63) is 83.5 Å². The third-order valence-electron chi connectivity index (χ3n) is 5.26. The molecule has 3 aromatic heterocycles. The Morgan fingerprint density at radius 3 is 2.66 bits per heavy atom. The second-order valence-electron chi connectivity index (χ2n) is 7.62. The van der Waals surface area contributed by atoms with Crippen molar-refractivity contribution in [2.75, 3.05) is 18.4 Å². The van der Waals surface area contributed by atoms with E-state index < -0.39 is 10.0 Å². The molecule has 0 aliphatic carbocycles. The largest absolute Gasteiger partial charge is 0.508 e. The number of anilines is 1. The number of nitrogens with one attached hydrogen (secondary N) is 2. The van der Waals surface area contributed by atoms with E-state index in [4.69, 9.17) is 16.6 Å². The smallest absolute Gasteiger partial charge is 0.240 e. The molecule has 0 fully saturated rings. The summed E-state index contributed by atoms with van der Waals surface area (Å²) >= 11 is 7.36. The van der Waals surface area contributed by atoms with E-state index in [0.29, 0.717) is 17.4 Å². The highest BCUT2D eigenvalue weighted by Gasteiger charge is 2.18. The lowest BCUT2D eigenvalue weighted by molar-refractivity contribution is 0.475. The monoisotopic (exact) mass is 525 g/mol. The Balaban J connectivity index is 1.34. The number of halogens is 1. The first-order valence-electron chi connectivity index (χ1n) is 10.6. The van der Waals surface area contributed by atoms with Gasteiger partial charge in [0.15, 0.2) is 4.96 Å². The first-order chi connectivity index (χ1) is 16.9. The maximum Gasteiger partial charge on any atom is 0.240 e. The molecule has 0 unspecified atom stereocenters. The van der Waals surface area contributed by atoms with Crippen molar-refractivity contribution in [2.45, 2.75) is 4.90 Å². The van der Waals surface area contributed by atoms with Crippen molar-refractivity contribution in [1.29, 1.82) is 0 Å². The van der Waals surface area contributed by atoms with Gasteiger partial charge in [-0.1, -0.05) is 23.7 Å². The highest BCUT2D eigenvalue weighted by Crippen LogP contribution is 2.35. The third kappa shape index (κ3) is 5.01. The number of phenolic OH excluding ortho intramolecular Hbond substituents is 1. The molecule has 0 aliphatic rings. The third-order valence-corrected chi connectivity index (χ3v) is 7.75. The quantitative estimate of drug-likeness (QED) is 0.249. The van der Waals surface area contributed by atoms with Crippen LogP contribution in [0.15, 0.2) is 83.3 Å². The molecule has 5 rings (SSSR count). The predicted octanol–water partition coefficient (Wildman–Crippen LogP) is 4.87. The van der Waals surface area contributed by atoms with E-state index in [9.17, 15) is 13.5 Å². The summed E-state index contributed by atoms with van der Waals surface area (Å²) < 4.78 is 29.4. The van der Waals surface area contributed by atoms with Crippen LogP contribution < -0.4 is 10.0 Å². The van der Waals surface area contributed by atoms with Crippen LogP contribution in [-0.2, 0) is 10.0 Å². The Kier molecular flexibility index (Phi) is 6.44. The zero-order chi connectivity index (χ0) is 24.4. The van der Waals surface area contributed by atoms with Gasteiger partial charge in [0, 0.05) is 47.0 Å². The van der Waals surface area contributed by atoms with Gasteiger partial charge in [0.1, 0.15) is 11.6 Å². The summed E-state index contributed by atoms with van der Waals surface area (Å²) in [5, 5.41) is 15.6. The summed E-state index contributed by atoms with van der Waals surface area (Å²) in [5.41, 5.74) is 3.31. The van der Waals surface area contributed by atoms with E-state index in [-0.39, 0.29) is 17.2 Å². The van der Waals surface area contributed by atoms with Crippen LogP contribution >= 0.6 is 22.9 Å². The zero-order valence-electron chi connectivity index (χ0n) is 18.2. The highest BCUT2D eigenvalue weighted by atomic mass is 35.5. The number of hydrogen-bond acceptors (Lipinski definition) is 7. The van der Waals surface area contributed by atoms with E-state index in [2.05, 4.69) is 15.0 Å². The van der Waals surface area contributed by atoms with Crippen LogP contribution in [0, 0.1) is 0 Å². The molecule has 0 saturated carbocycles. The lowest BCUT2D eigenvalue weighted by Gasteiger charge is -2.10. The predicted molar refractivity (Wildman–Crippen MR) is 139 cm³/mol. The molecule has 3 N–H and O–H groups in total. The topological polar surface area (TPSA) is 109 Å². The van der Waals surface area contributed by atoms with Gasteiger partial charge in [-0.25, -0.2) is 23.1 Å². The van der Waals surface area contributed by atoms with Crippen LogP contribution in [0.5, 0.6) is 5.75 Å². The number of benzene rings is 2. The second-order valence-corrected chi connectivity index (χ2v) is 10.7. The molecule has 3 heterocycles. The van der Waals surface area contributed by atoms with Crippen molar-refractivity contribution in [3.63, 3.8) is 0 Å². The van der Waals surface area contributed by atoms with Crippen LogP contribution in [-0.4, -0.2) is 41.0 Å². The molecular formula is C24H20ClN5O3S2. The van der Waals surface area contributed by atoms with E-state index in [1.165, 1.54) is 35.6 Å². The molecule has 35 heavy (non-hydrogen) atoms. The number of imidazole rings is 1. The standard InChI is InChI=1S/C24H20ClN5O3S2/c25-18-4-6-20(7-5-18)35(32,33)28-11-10-27-21-15-17(8-9-26-21)23-22(16-2-1-3-19(31)14-16)29-24-30(23)12-13-34-24/h1-9,12-15,28,31H,10-11H2,(H,26,27). The maximum absolute atomic E-state index is 12.4. The minimum Gasteiger partial charge on any atom is -0.508 e. The molecule has 0 amide bonds. The van der Waals surface area contributed by atoms with E-state index in [0.717, 1.165) is 27.5 Å². The first-order valence-corrected chi connectivity index (χ1v) is 13.4. The van der Waals surface area contributed by atoms with Gasteiger partial charge in [-0.3, -0.25) is 4.40 Å². The van der Waals surface area contributed by atoms with Gasteiger partial charge in [0.2, 0.25) is 10.0 Å². The molecule has 2 aromatic carbocycles. The first kappa shape index (κ1) is 23.3. The Morgan fingerprint density at radius 1 is 1.03 bits per heavy atom. The second kappa shape index (κ2) is 9.67. The number of hydrogen-bond donors (Lipinski definition) is 3. The minimum absolute atomic E-state index is 0.155. The molecule has 0 atom stereocenters. The maximum atomic E-state index is 12.4. The van der Waals surface area contributed by atoms with Crippen molar-refractivity contribution >= 4 is 43.7 Å². The molecule has 8 nitrogen and oxygen atoms in total. The van der Waals surface area contributed by atoms with Crippen molar-refractivity contribution in [3.8, 4) is 28.3 Å². The number of aromatic nitrogens is 3. The average Bonchev–Trinajstić information content (AvgIpc) is 3.44. The van der Waals surface area contributed by atoms with Crippen LogP contribution in [0.4, 0.5) is 5.82 Å². The van der Waals surface area contributed by atoms with Gasteiger partial charge in [0.05, 0.1) is 16.3 Å². The Bertz CT molecular complexity index is 1600. The summed E-state index contributed by atoms with van der Waals surface area (Å²) in [7, 11) is -3.63. The molecule has 0 saturated heterocycles. The van der Waals surface area contributed by atoms with Crippen LogP contribution in [0.2, 0.25) is 5.02 Å². The van der Waals surface area contributed by atoms with Gasteiger partial charge in [0.25, 0.3) is 0 Å². The highest BCUT2D eigenvalue weighted by molar-refractivity contribution is 7.89. The van der Waals surface area contributed by atoms with Crippen molar-refractivity contribution in [1.82, 2.24) is 19.1 Å². The van der Waals surface area contributed by atoms with Gasteiger partial charge < -0.3 is 10.4 Å². The molecule has 178 valence electrons. The Morgan fingerprint density at radius 2 is 1.86 bits per heavy atom. The molecular weight excluding hydrogens is 506 g/mol. The average molecular weight is 526 g/mol. The fraction of sp³-hybridized carbons (Fsp3) is 0.0833. The van der Waals surface area contributed by atoms with Gasteiger partial charge in [-0.2, -0.15) is 0 Å². The Labute approximate surface area is 210 Å². The molecule has 0 bridgehead atoms. The molecule has 0 aliphatic heterocycles. The number of aromatic hydroxyl groups is 1. The number of thiazole rings is 1. The fourth-order valence-electron chi connectivity index (χ4n) is 3.66. The number of rotatable bonds is 8. The summed E-state index contributed by atoms with van der Waals surface area (Å²) in [4.78, 5) is 10.1. The SMILES string of the molecule is O=S(=O)(NCCNc1cc(-c2c(-c3cccc(O)c3)nc3sccn23)ccn1)c1ccc(Cl)cc1. The fourth-order valence-corrected chi connectivity index (χ4v) is 5.54. The molecule has 11 heteroatoms. The number of nitrogens with zero attached hydrogens (tertiary/aromatic N) is 3. The van der Waals surface area contributed by atoms with E-state index in [1.54, 1.807) is 24.4 Å². The summed E-state index contributed by atoms with van der Waals surface area (Å²) in [5.74, 6) is 0.767. The lowest BCUT2D eigenvalue weighted by Crippen LogP contribution is -2.29. The van der Waals surface area contributed by atoms with Gasteiger partial charge >= 0.3 is 0 Å². The van der Waals surface area contributed by atoms with Crippen LogP contribution in [0.1, 0.15) is 0 Å². The summed E-state index contributed by atoms with van der Waals surface area (Å²) in [6.07, 6.45) is 3.64. The van der Waals surface area contributed by atoms with Gasteiger partial charge in [-0.15, -0.1) is 11.3 Å². The van der Waals surface area contributed by atoms with E-state index in [1.807, 2.05) is 34.2 Å².